The normalized spacial score (nSPS) is 10.7. The number of imidazole rings is 1. The molecule has 2 aromatic rings. The van der Waals surface area contributed by atoms with E-state index >= 15 is 0 Å². The largest absolute Gasteiger partial charge is 0.356 e. The molecule has 90 valence electrons. The molecule has 0 bridgehead atoms. The molecule has 1 N–H and O–H groups in total. The molecular weight excluding hydrogens is 282 g/mol. The highest BCUT2D eigenvalue weighted by Gasteiger charge is 2.06. The molecule has 0 atom stereocenters. The number of fused-ring (bicyclic) bond motifs is 1. The number of aromatic nitrogens is 2. The van der Waals surface area contributed by atoms with Crippen molar-refractivity contribution in [2.75, 3.05) is 6.54 Å². The minimum absolute atomic E-state index is 0.0225. The number of amides is 1. The SMILES string of the molecule is CCCNC(=O)Cc1cn2cc(Br)ccc2n1. The fourth-order valence-corrected chi connectivity index (χ4v) is 1.95. The molecule has 2 aromatic heterocycles. The molecule has 0 saturated heterocycles. The number of hydrogen-bond acceptors (Lipinski definition) is 2. The number of halogens is 1. The Morgan fingerprint density at radius 1 is 1.47 bits per heavy atom. The van der Waals surface area contributed by atoms with Crippen molar-refractivity contribution in [1.82, 2.24) is 14.7 Å². The average molecular weight is 296 g/mol. The van der Waals surface area contributed by atoms with Crippen molar-refractivity contribution >= 4 is 27.5 Å². The Kier molecular flexibility index (Phi) is 3.78. The second kappa shape index (κ2) is 5.31. The van der Waals surface area contributed by atoms with Gasteiger partial charge in [-0.25, -0.2) is 4.98 Å². The summed E-state index contributed by atoms with van der Waals surface area (Å²) in [7, 11) is 0. The van der Waals surface area contributed by atoms with Gasteiger partial charge in [0.05, 0.1) is 12.1 Å². The predicted octanol–water partition coefficient (Wildman–Crippen LogP) is 2.17. The first-order valence-electron chi connectivity index (χ1n) is 5.59. The summed E-state index contributed by atoms with van der Waals surface area (Å²) in [6, 6.07) is 3.85. The van der Waals surface area contributed by atoms with Gasteiger partial charge in [-0.2, -0.15) is 0 Å². The molecule has 0 radical (unpaired) electrons. The van der Waals surface area contributed by atoms with Gasteiger partial charge in [0.2, 0.25) is 5.91 Å². The van der Waals surface area contributed by atoms with Gasteiger partial charge < -0.3 is 9.72 Å². The fraction of sp³-hybridized carbons (Fsp3) is 0.333. The Bertz CT molecular complexity index is 536. The lowest BCUT2D eigenvalue weighted by Crippen LogP contribution is -2.25. The van der Waals surface area contributed by atoms with Gasteiger partial charge in [0.15, 0.2) is 0 Å². The van der Waals surface area contributed by atoms with Crippen molar-refractivity contribution in [3.8, 4) is 0 Å². The summed E-state index contributed by atoms with van der Waals surface area (Å²) >= 11 is 3.40. The lowest BCUT2D eigenvalue weighted by atomic mass is 10.3. The molecule has 0 aromatic carbocycles. The third-order valence-corrected chi connectivity index (χ3v) is 2.85. The lowest BCUT2D eigenvalue weighted by molar-refractivity contribution is -0.120. The summed E-state index contributed by atoms with van der Waals surface area (Å²) in [5.74, 6) is 0.0225. The highest BCUT2D eigenvalue weighted by molar-refractivity contribution is 9.10. The van der Waals surface area contributed by atoms with E-state index in [1.54, 1.807) is 0 Å². The Morgan fingerprint density at radius 2 is 2.29 bits per heavy atom. The van der Waals surface area contributed by atoms with E-state index in [0.29, 0.717) is 6.42 Å². The number of carbonyl (C=O) groups excluding carboxylic acids is 1. The molecule has 0 aliphatic heterocycles. The van der Waals surface area contributed by atoms with Gasteiger partial charge in [-0.1, -0.05) is 6.92 Å². The second-order valence-corrected chi connectivity index (χ2v) is 4.79. The van der Waals surface area contributed by atoms with Gasteiger partial charge in [0, 0.05) is 23.4 Å². The zero-order valence-corrected chi connectivity index (χ0v) is 11.2. The molecule has 1 amide bonds. The van der Waals surface area contributed by atoms with Crippen LogP contribution in [0.3, 0.4) is 0 Å². The van der Waals surface area contributed by atoms with Crippen LogP contribution in [0, 0.1) is 0 Å². The molecule has 0 spiro atoms. The van der Waals surface area contributed by atoms with E-state index in [-0.39, 0.29) is 5.91 Å². The summed E-state index contributed by atoms with van der Waals surface area (Å²) in [5.41, 5.74) is 1.64. The molecule has 2 rings (SSSR count). The van der Waals surface area contributed by atoms with Crippen LogP contribution in [-0.4, -0.2) is 21.8 Å². The minimum Gasteiger partial charge on any atom is -0.356 e. The maximum atomic E-state index is 11.5. The molecule has 17 heavy (non-hydrogen) atoms. The van der Waals surface area contributed by atoms with E-state index in [1.807, 2.05) is 35.9 Å². The van der Waals surface area contributed by atoms with E-state index in [9.17, 15) is 4.79 Å². The van der Waals surface area contributed by atoms with Crippen molar-refractivity contribution in [1.29, 1.82) is 0 Å². The summed E-state index contributed by atoms with van der Waals surface area (Å²) in [6.07, 6.45) is 5.09. The molecule has 0 aliphatic rings. The van der Waals surface area contributed by atoms with E-state index in [4.69, 9.17) is 0 Å². The minimum atomic E-state index is 0.0225. The van der Waals surface area contributed by atoms with Crippen molar-refractivity contribution in [3.05, 3.63) is 34.7 Å². The van der Waals surface area contributed by atoms with Crippen LogP contribution < -0.4 is 5.32 Å². The Labute approximate surface area is 108 Å². The smallest absolute Gasteiger partial charge is 0.226 e. The van der Waals surface area contributed by atoms with Gasteiger partial charge >= 0.3 is 0 Å². The molecule has 4 nitrogen and oxygen atoms in total. The number of nitrogens with one attached hydrogen (secondary N) is 1. The molecular formula is C12H14BrN3O. The van der Waals surface area contributed by atoms with Crippen LogP contribution in [0.15, 0.2) is 29.0 Å². The molecule has 2 heterocycles. The predicted molar refractivity (Wildman–Crippen MR) is 69.9 cm³/mol. The van der Waals surface area contributed by atoms with Crippen molar-refractivity contribution in [2.45, 2.75) is 19.8 Å². The van der Waals surface area contributed by atoms with Gasteiger partial charge in [0.25, 0.3) is 0 Å². The number of hydrogen-bond donors (Lipinski definition) is 1. The Hall–Kier alpha value is -1.36. The number of nitrogens with zero attached hydrogens (tertiary/aromatic N) is 2. The molecule has 5 heteroatoms. The first kappa shape index (κ1) is 12.1. The van der Waals surface area contributed by atoms with Crippen molar-refractivity contribution in [2.24, 2.45) is 0 Å². The number of carbonyl (C=O) groups is 1. The first-order chi connectivity index (χ1) is 8.19. The van der Waals surface area contributed by atoms with Crippen LogP contribution in [0.4, 0.5) is 0 Å². The lowest BCUT2D eigenvalue weighted by Gasteiger charge is -1.99. The summed E-state index contributed by atoms with van der Waals surface area (Å²) in [4.78, 5) is 15.9. The summed E-state index contributed by atoms with van der Waals surface area (Å²) < 4.78 is 2.90. The highest BCUT2D eigenvalue weighted by atomic mass is 79.9. The van der Waals surface area contributed by atoms with Gasteiger partial charge in [-0.15, -0.1) is 0 Å². The van der Waals surface area contributed by atoms with Crippen molar-refractivity contribution in [3.63, 3.8) is 0 Å². The quantitative estimate of drug-likeness (QED) is 0.940. The molecule has 0 unspecified atom stereocenters. The zero-order valence-electron chi connectivity index (χ0n) is 9.61. The van der Waals surface area contributed by atoms with E-state index in [0.717, 1.165) is 28.8 Å². The van der Waals surface area contributed by atoms with Gasteiger partial charge in [0.1, 0.15) is 5.65 Å². The first-order valence-corrected chi connectivity index (χ1v) is 6.38. The van der Waals surface area contributed by atoms with E-state index in [1.165, 1.54) is 0 Å². The van der Waals surface area contributed by atoms with Gasteiger partial charge in [-0.3, -0.25) is 4.79 Å². The van der Waals surface area contributed by atoms with E-state index < -0.39 is 0 Å². The fourth-order valence-electron chi connectivity index (χ4n) is 1.59. The maximum Gasteiger partial charge on any atom is 0.226 e. The van der Waals surface area contributed by atoms with Crippen LogP contribution >= 0.6 is 15.9 Å². The van der Waals surface area contributed by atoms with Gasteiger partial charge in [-0.05, 0) is 34.5 Å². The van der Waals surface area contributed by atoms with Crippen LogP contribution in [0.1, 0.15) is 19.0 Å². The zero-order chi connectivity index (χ0) is 12.3. The summed E-state index contributed by atoms with van der Waals surface area (Å²) in [6.45, 7) is 2.75. The van der Waals surface area contributed by atoms with Crippen molar-refractivity contribution < 1.29 is 4.79 Å². The number of rotatable bonds is 4. The number of pyridine rings is 1. The van der Waals surface area contributed by atoms with Crippen LogP contribution in [0.25, 0.3) is 5.65 Å². The van der Waals surface area contributed by atoms with Crippen LogP contribution in [-0.2, 0) is 11.2 Å². The summed E-state index contributed by atoms with van der Waals surface area (Å²) in [5, 5.41) is 2.84. The van der Waals surface area contributed by atoms with Crippen LogP contribution in [0.5, 0.6) is 0 Å². The highest BCUT2D eigenvalue weighted by Crippen LogP contribution is 2.12. The maximum absolute atomic E-state index is 11.5. The topological polar surface area (TPSA) is 46.4 Å². The standard InChI is InChI=1S/C12H14BrN3O/c1-2-5-14-12(17)6-10-8-16-7-9(13)3-4-11(16)15-10/h3-4,7-8H,2,5-6H2,1H3,(H,14,17). The monoisotopic (exact) mass is 295 g/mol. The van der Waals surface area contributed by atoms with E-state index in [2.05, 4.69) is 26.2 Å². The second-order valence-electron chi connectivity index (χ2n) is 3.87. The molecule has 0 aliphatic carbocycles. The average Bonchev–Trinajstić information content (AvgIpc) is 2.67. The van der Waals surface area contributed by atoms with Crippen LogP contribution in [0.2, 0.25) is 0 Å². The Morgan fingerprint density at radius 3 is 3.06 bits per heavy atom. The third-order valence-electron chi connectivity index (χ3n) is 2.38. The third kappa shape index (κ3) is 3.06. The molecule has 0 fully saturated rings. The molecule has 0 saturated carbocycles. The Balaban J connectivity index is 2.11.